The van der Waals surface area contributed by atoms with Crippen molar-refractivity contribution in [1.82, 2.24) is 10.2 Å². The van der Waals surface area contributed by atoms with Crippen LogP contribution in [0.15, 0.2) is 0 Å². The molecule has 3 nitrogen and oxygen atoms in total. The van der Waals surface area contributed by atoms with Gasteiger partial charge in [-0.2, -0.15) is 0 Å². The summed E-state index contributed by atoms with van der Waals surface area (Å²) in [5.41, 5.74) is 0. The van der Waals surface area contributed by atoms with Gasteiger partial charge in [-0.15, -0.1) is 12.4 Å². The standard InChI is InChI=1S/C13H24N2O.ClH/c1-2-11-6-9-15(10-7-11)13(16)12-5-3-4-8-14-12;/h11-12,14H,2-10H2,1H3;1H/t12-;/m1./s1. The summed E-state index contributed by atoms with van der Waals surface area (Å²) < 4.78 is 0. The molecular formula is C13H25ClN2O. The van der Waals surface area contributed by atoms with Gasteiger partial charge in [0.1, 0.15) is 0 Å². The predicted molar refractivity (Wildman–Crippen MR) is 72.5 cm³/mol. The van der Waals surface area contributed by atoms with Crippen molar-refractivity contribution in [3.8, 4) is 0 Å². The lowest BCUT2D eigenvalue weighted by molar-refractivity contribution is -0.135. The minimum Gasteiger partial charge on any atom is -0.341 e. The molecule has 1 amide bonds. The number of piperidine rings is 2. The van der Waals surface area contributed by atoms with Gasteiger partial charge < -0.3 is 10.2 Å². The molecule has 2 saturated heterocycles. The van der Waals surface area contributed by atoms with E-state index in [4.69, 9.17) is 0 Å². The maximum absolute atomic E-state index is 12.2. The SMILES string of the molecule is CCC1CCN(C(=O)[C@H]2CCCCN2)CC1.Cl. The number of nitrogens with one attached hydrogen (secondary N) is 1. The van der Waals surface area contributed by atoms with Crippen molar-refractivity contribution in [3.63, 3.8) is 0 Å². The first-order valence-electron chi connectivity index (χ1n) is 6.83. The Bertz CT molecular complexity index is 234. The Balaban J connectivity index is 0.00000144. The van der Waals surface area contributed by atoms with E-state index in [1.54, 1.807) is 0 Å². The summed E-state index contributed by atoms with van der Waals surface area (Å²) in [7, 11) is 0. The largest absolute Gasteiger partial charge is 0.341 e. The number of hydrogen-bond donors (Lipinski definition) is 1. The lowest BCUT2D eigenvalue weighted by atomic mass is 9.93. The highest BCUT2D eigenvalue weighted by atomic mass is 35.5. The van der Waals surface area contributed by atoms with Gasteiger partial charge in [0.2, 0.25) is 5.91 Å². The molecule has 0 spiro atoms. The molecule has 4 heteroatoms. The van der Waals surface area contributed by atoms with Crippen LogP contribution in [0.4, 0.5) is 0 Å². The second-order valence-corrected chi connectivity index (χ2v) is 5.18. The fourth-order valence-corrected chi connectivity index (χ4v) is 2.84. The summed E-state index contributed by atoms with van der Waals surface area (Å²) in [6, 6.07) is 0.118. The zero-order valence-electron chi connectivity index (χ0n) is 10.8. The van der Waals surface area contributed by atoms with Crippen molar-refractivity contribution in [3.05, 3.63) is 0 Å². The number of hydrogen-bond acceptors (Lipinski definition) is 2. The van der Waals surface area contributed by atoms with E-state index < -0.39 is 0 Å². The zero-order chi connectivity index (χ0) is 11.4. The second kappa shape index (κ2) is 7.22. The van der Waals surface area contributed by atoms with Crippen molar-refractivity contribution >= 4 is 18.3 Å². The van der Waals surface area contributed by atoms with Crippen LogP contribution >= 0.6 is 12.4 Å². The van der Waals surface area contributed by atoms with Crippen LogP contribution in [-0.2, 0) is 4.79 Å². The van der Waals surface area contributed by atoms with E-state index in [1.807, 2.05) is 0 Å². The number of carbonyl (C=O) groups excluding carboxylic acids is 1. The molecule has 2 aliphatic rings. The van der Waals surface area contributed by atoms with Crippen LogP contribution in [0.25, 0.3) is 0 Å². The van der Waals surface area contributed by atoms with Gasteiger partial charge in [-0.05, 0) is 38.1 Å². The molecule has 0 unspecified atom stereocenters. The van der Waals surface area contributed by atoms with Gasteiger partial charge in [0.15, 0.2) is 0 Å². The van der Waals surface area contributed by atoms with Gasteiger partial charge in [0, 0.05) is 13.1 Å². The van der Waals surface area contributed by atoms with E-state index in [9.17, 15) is 4.79 Å². The fourth-order valence-electron chi connectivity index (χ4n) is 2.84. The first kappa shape index (κ1) is 14.8. The Morgan fingerprint density at radius 2 is 1.94 bits per heavy atom. The molecule has 0 radical (unpaired) electrons. The van der Waals surface area contributed by atoms with Crippen LogP contribution < -0.4 is 5.32 Å². The van der Waals surface area contributed by atoms with E-state index in [-0.39, 0.29) is 18.4 Å². The minimum absolute atomic E-state index is 0. The van der Waals surface area contributed by atoms with Crippen molar-refractivity contribution < 1.29 is 4.79 Å². The smallest absolute Gasteiger partial charge is 0.239 e. The normalized spacial score (nSPS) is 26.4. The van der Waals surface area contributed by atoms with Gasteiger partial charge in [-0.3, -0.25) is 4.79 Å². The topological polar surface area (TPSA) is 32.3 Å². The first-order valence-corrected chi connectivity index (χ1v) is 6.83. The van der Waals surface area contributed by atoms with E-state index in [0.717, 1.165) is 32.0 Å². The van der Waals surface area contributed by atoms with Crippen LogP contribution in [-0.4, -0.2) is 36.5 Å². The molecule has 0 aromatic heterocycles. The highest BCUT2D eigenvalue weighted by molar-refractivity contribution is 5.85. The maximum atomic E-state index is 12.2. The summed E-state index contributed by atoms with van der Waals surface area (Å²) in [4.78, 5) is 14.3. The van der Waals surface area contributed by atoms with E-state index >= 15 is 0 Å². The number of nitrogens with zero attached hydrogens (tertiary/aromatic N) is 1. The summed E-state index contributed by atoms with van der Waals surface area (Å²) >= 11 is 0. The molecule has 1 atom stereocenters. The van der Waals surface area contributed by atoms with Crippen LogP contribution in [0.2, 0.25) is 0 Å². The third-order valence-corrected chi connectivity index (χ3v) is 4.11. The Morgan fingerprint density at radius 1 is 1.24 bits per heavy atom. The lowest BCUT2D eigenvalue weighted by Crippen LogP contribution is -2.50. The van der Waals surface area contributed by atoms with Crippen LogP contribution in [0.1, 0.15) is 45.4 Å². The highest BCUT2D eigenvalue weighted by Crippen LogP contribution is 2.21. The average Bonchev–Trinajstić information content (AvgIpc) is 2.39. The number of halogens is 1. The number of rotatable bonds is 2. The zero-order valence-corrected chi connectivity index (χ0v) is 11.6. The van der Waals surface area contributed by atoms with Crippen LogP contribution in [0, 0.1) is 5.92 Å². The molecule has 0 bridgehead atoms. The van der Waals surface area contributed by atoms with Gasteiger partial charge in [0.25, 0.3) is 0 Å². The van der Waals surface area contributed by atoms with Crippen molar-refractivity contribution in [2.45, 2.75) is 51.5 Å². The monoisotopic (exact) mass is 260 g/mol. The average molecular weight is 261 g/mol. The van der Waals surface area contributed by atoms with Crippen molar-refractivity contribution in [1.29, 1.82) is 0 Å². The van der Waals surface area contributed by atoms with Gasteiger partial charge >= 0.3 is 0 Å². The molecule has 17 heavy (non-hydrogen) atoms. The summed E-state index contributed by atoms with van der Waals surface area (Å²) in [6.07, 6.45) is 7.14. The minimum atomic E-state index is 0. The van der Waals surface area contributed by atoms with Crippen molar-refractivity contribution in [2.75, 3.05) is 19.6 Å². The molecule has 0 aliphatic carbocycles. The molecule has 1 N–H and O–H groups in total. The van der Waals surface area contributed by atoms with Crippen molar-refractivity contribution in [2.24, 2.45) is 5.92 Å². The first-order chi connectivity index (χ1) is 7.81. The number of carbonyl (C=O) groups is 1. The van der Waals surface area contributed by atoms with E-state index in [1.165, 1.54) is 32.1 Å². The van der Waals surface area contributed by atoms with E-state index in [0.29, 0.717) is 5.91 Å². The Labute approximate surface area is 111 Å². The molecule has 2 aliphatic heterocycles. The number of amides is 1. The Hall–Kier alpha value is -0.280. The Kier molecular flexibility index (Phi) is 6.28. The summed E-state index contributed by atoms with van der Waals surface area (Å²) in [5.74, 6) is 1.21. The quantitative estimate of drug-likeness (QED) is 0.826. The lowest BCUT2D eigenvalue weighted by Gasteiger charge is -2.35. The van der Waals surface area contributed by atoms with Crippen LogP contribution in [0.5, 0.6) is 0 Å². The summed E-state index contributed by atoms with van der Waals surface area (Å²) in [5, 5.41) is 3.35. The van der Waals surface area contributed by atoms with Gasteiger partial charge in [0.05, 0.1) is 6.04 Å². The molecule has 2 fully saturated rings. The molecule has 100 valence electrons. The van der Waals surface area contributed by atoms with Gasteiger partial charge in [-0.25, -0.2) is 0 Å². The Morgan fingerprint density at radius 3 is 2.47 bits per heavy atom. The molecule has 2 rings (SSSR count). The molecular weight excluding hydrogens is 236 g/mol. The predicted octanol–water partition coefficient (Wildman–Crippen LogP) is 2.20. The molecule has 0 aromatic rings. The van der Waals surface area contributed by atoms with E-state index in [2.05, 4.69) is 17.1 Å². The number of likely N-dealkylation sites (tertiary alicyclic amines) is 1. The summed E-state index contributed by atoms with van der Waals surface area (Å²) in [6.45, 7) is 5.23. The van der Waals surface area contributed by atoms with Gasteiger partial charge in [-0.1, -0.05) is 19.8 Å². The molecule has 0 saturated carbocycles. The maximum Gasteiger partial charge on any atom is 0.239 e. The van der Waals surface area contributed by atoms with Crippen LogP contribution in [0.3, 0.4) is 0 Å². The fraction of sp³-hybridized carbons (Fsp3) is 0.923. The molecule has 2 heterocycles. The highest BCUT2D eigenvalue weighted by Gasteiger charge is 2.28. The third kappa shape index (κ3) is 3.85. The third-order valence-electron chi connectivity index (χ3n) is 4.11. The molecule has 0 aromatic carbocycles. The second-order valence-electron chi connectivity index (χ2n) is 5.18.